The van der Waals surface area contributed by atoms with Crippen molar-refractivity contribution in [2.45, 2.75) is 19.4 Å². The Labute approximate surface area is 162 Å². The zero-order valence-electron chi connectivity index (χ0n) is 15.7. The first-order valence-electron chi connectivity index (χ1n) is 9.23. The van der Waals surface area contributed by atoms with Crippen molar-refractivity contribution in [3.63, 3.8) is 0 Å². The normalized spacial score (nSPS) is 23.7. The first-order chi connectivity index (χ1) is 13.5. The first-order valence-corrected chi connectivity index (χ1v) is 9.23. The molecule has 0 bridgehead atoms. The van der Waals surface area contributed by atoms with E-state index in [-0.39, 0.29) is 11.7 Å². The van der Waals surface area contributed by atoms with Gasteiger partial charge in [0, 0.05) is 16.8 Å². The van der Waals surface area contributed by atoms with Crippen LogP contribution in [-0.2, 0) is 14.3 Å². The summed E-state index contributed by atoms with van der Waals surface area (Å²) in [6, 6.07) is 13.2. The van der Waals surface area contributed by atoms with E-state index < -0.39 is 23.7 Å². The number of nitrogens with one attached hydrogen (secondary N) is 2. The van der Waals surface area contributed by atoms with Crippen LogP contribution in [0.3, 0.4) is 0 Å². The number of rotatable bonds is 2. The first kappa shape index (κ1) is 18.2. The van der Waals surface area contributed by atoms with E-state index in [1.54, 1.807) is 18.2 Å². The molecule has 1 aliphatic heterocycles. The molecule has 0 saturated heterocycles. The molecule has 3 atom stereocenters. The van der Waals surface area contributed by atoms with Gasteiger partial charge >= 0.3 is 5.97 Å². The van der Waals surface area contributed by atoms with E-state index in [1.807, 2.05) is 31.2 Å². The van der Waals surface area contributed by atoms with Crippen molar-refractivity contribution in [2.75, 3.05) is 17.7 Å². The Morgan fingerprint density at radius 2 is 1.79 bits per heavy atom. The van der Waals surface area contributed by atoms with E-state index in [9.17, 15) is 14.0 Å². The van der Waals surface area contributed by atoms with Gasteiger partial charge < -0.3 is 15.4 Å². The van der Waals surface area contributed by atoms with Gasteiger partial charge in [0.1, 0.15) is 11.7 Å². The lowest BCUT2D eigenvalue weighted by Gasteiger charge is -2.32. The molecule has 0 radical (unpaired) electrons. The van der Waals surface area contributed by atoms with Crippen LogP contribution in [-0.4, -0.2) is 18.9 Å². The molecule has 0 fully saturated rings. The van der Waals surface area contributed by atoms with Crippen molar-refractivity contribution in [3.05, 3.63) is 71.2 Å². The number of halogens is 1. The molecule has 4 rings (SSSR count). The molecule has 1 heterocycles. The molecule has 2 aromatic rings. The summed E-state index contributed by atoms with van der Waals surface area (Å²) in [6.07, 6.45) is 0.488. The van der Waals surface area contributed by atoms with Crippen molar-refractivity contribution >= 4 is 23.1 Å². The molecule has 2 aromatic carbocycles. The third-order valence-electron chi connectivity index (χ3n) is 5.44. The van der Waals surface area contributed by atoms with E-state index in [0.29, 0.717) is 23.3 Å². The van der Waals surface area contributed by atoms with E-state index in [2.05, 4.69) is 10.6 Å². The molecule has 5 nitrogen and oxygen atoms in total. The molecule has 28 heavy (non-hydrogen) atoms. The number of carbonyl (C=O) groups excluding carboxylic acids is 2. The number of ether oxygens (including phenoxy) is 1. The summed E-state index contributed by atoms with van der Waals surface area (Å²) in [5.74, 6) is -2.42. The molecular weight excluding hydrogens is 359 g/mol. The molecular formula is C22H21FN2O3. The van der Waals surface area contributed by atoms with Crippen LogP contribution in [0.15, 0.2) is 59.8 Å². The monoisotopic (exact) mass is 380 g/mol. The Morgan fingerprint density at radius 3 is 2.50 bits per heavy atom. The van der Waals surface area contributed by atoms with Crippen molar-refractivity contribution in [3.8, 4) is 0 Å². The maximum atomic E-state index is 14.7. The third-order valence-corrected chi connectivity index (χ3v) is 5.44. The molecule has 0 aromatic heterocycles. The second-order valence-electron chi connectivity index (χ2n) is 7.21. The van der Waals surface area contributed by atoms with Crippen molar-refractivity contribution in [1.29, 1.82) is 0 Å². The Balaban J connectivity index is 1.90. The quantitative estimate of drug-likeness (QED) is 0.608. The minimum Gasteiger partial charge on any atom is -0.468 e. The zero-order valence-corrected chi connectivity index (χ0v) is 15.7. The smallest absolute Gasteiger partial charge is 0.316 e. The average Bonchev–Trinajstić information content (AvgIpc) is 2.84. The van der Waals surface area contributed by atoms with Crippen molar-refractivity contribution < 1.29 is 18.7 Å². The average molecular weight is 380 g/mol. The number of benzene rings is 2. The lowest BCUT2D eigenvalue weighted by atomic mass is 9.74. The number of allylic oxidation sites excluding steroid dienone is 1. The molecule has 2 aliphatic rings. The molecule has 0 unspecified atom stereocenters. The Morgan fingerprint density at radius 1 is 1.11 bits per heavy atom. The van der Waals surface area contributed by atoms with Crippen LogP contribution >= 0.6 is 0 Å². The number of hydrogen-bond donors (Lipinski definition) is 2. The number of fused-ring (bicyclic) bond motifs is 1. The van der Waals surface area contributed by atoms with Crippen LogP contribution in [0.4, 0.5) is 15.8 Å². The highest BCUT2D eigenvalue weighted by Gasteiger charge is 2.44. The summed E-state index contributed by atoms with van der Waals surface area (Å²) in [5.41, 5.74) is 3.03. The highest BCUT2D eigenvalue weighted by Crippen LogP contribution is 2.44. The van der Waals surface area contributed by atoms with Crippen LogP contribution < -0.4 is 10.6 Å². The fourth-order valence-electron chi connectivity index (χ4n) is 4.08. The van der Waals surface area contributed by atoms with Crippen LogP contribution in [0.2, 0.25) is 0 Å². The Hall–Kier alpha value is -3.15. The number of para-hydroxylation sites is 2. The van der Waals surface area contributed by atoms with Crippen molar-refractivity contribution in [1.82, 2.24) is 0 Å². The van der Waals surface area contributed by atoms with Gasteiger partial charge in [0.2, 0.25) is 0 Å². The molecule has 0 spiro atoms. The van der Waals surface area contributed by atoms with Crippen LogP contribution in [0, 0.1) is 17.7 Å². The maximum Gasteiger partial charge on any atom is 0.316 e. The largest absolute Gasteiger partial charge is 0.468 e. The summed E-state index contributed by atoms with van der Waals surface area (Å²) in [4.78, 5) is 25.7. The van der Waals surface area contributed by atoms with Gasteiger partial charge in [-0.2, -0.15) is 0 Å². The predicted molar refractivity (Wildman–Crippen MR) is 104 cm³/mol. The minimum absolute atomic E-state index is 0.224. The van der Waals surface area contributed by atoms with Gasteiger partial charge in [0.25, 0.3) is 0 Å². The standard InChI is InChI=1S/C22H21FN2O3/c1-12-11-17-19(21(26)18(12)22(27)28-2)20(13-7-3-4-8-14(13)23)25-16-10-6-5-9-15(16)24-17/h3-10,12,18,20,24-25H,11H2,1-2H3/t12-,18-,20+/m1/s1. The van der Waals surface area contributed by atoms with Gasteiger partial charge in [0.05, 0.1) is 24.5 Å². The minimum atomic E-state index is -0.900. The molecule has 2 N–H and O–H groups in total. The van der Waals surface area contributed by atoms with Crippen molar-refractivity contribution in [2.24, 2.45) is 11.8 Å². The number of hydrogen-bond acceptors (Lipinski definition) is 5. The predicted octanol–water partition coefficient (Wildman–Crippen LogP) is 4.06. The third kappa shape index (κ3) is 2.95. The topological polar surface area (TPSA) is 67.4 Å². The highest BCUT2D eigenvalue weighted by molar-refractivity contribution is 6.11. The summed E-state index contributed by atoms with van der Waals surface area (Å²) in [5, 5.41) is 6.65. The summed E-state index contributed by atoms with van der Waals surface area (Å²) < 4.78 is 19.6. The van der Waals surface area contributed by atoms with Gasteiger partial charge in [-0.1, -0.05) is 37.3 Å². The maximum absolute atomic E-state index is 14.7. The van der Waals surface area contributed by atoms with E-state index in [0.717, 1.165) is 11.4 Å². The van der Waals surface area contributed by atoms with Crippen LogP contribution in [0.1, 0.15) is 24.9 Å². The number of ketones is 1. The van der Waals surface area contributed by atoms with Gasteiger partial charge in [-0.05, 0) is 30.5 Å². The van der Waals surface area contributed by atoms with E-state index in [1.165, 1.54) is 13.2 Å². The number of methoxy groups -OCH3 is 1. The van der Waals surface area contributed by atoms with E-state index >= 15 is 0 Å². The van der Waals surface area contributed by atoms with E-state index in [4.69, 9.17) is 4.74 Å². The van der Waals surface area contributed by atoms with Gasteiger partial charge in [-0.25, -0.2) is 4.39 Å². The zero-order chi connectivity index (χ0) is 19.8. The van der Waals surface area contributed by atoms with Gasteiger partial charge in [-0.15, -0.1) is 0 Å². The summed E-state index contributed by atoms with van der Waals surface area (Å²) in [7, 11) is 1.28. The SMILES string of the molecule is COC(=O)[C@H]1C(=O)C2=C(C[C@H]1C)Nc1ccccc1N[C@H]2c1ccccc1F. The lowest BCUT2D eigenvalue weighted by Crippen LogP contribution is -2.39. The van der Waals surface area contributed by atoms with Gasteiger partial charge in [0.15, 0.2) is 5.78 Å². The van der Waals surface area contributed by atoms with Crippen LogP contribution in [0.25, 0.3) is 0 Å². The fraction of sp³-hybridized carbons (Fsp3) is 0.273. The molecule has 6 heteroatoms. The highest BCUT2D eigenvalue weighted by atomic mass is 19.1. The van der Waals surface area contributed by atoms with Gasteiger partial charge in [-0.3, -0.25) is 9.59 Å². The van der Waals surface area contributed by atoms with Crippen LogP contribution in [0.5, 0.6) is 0 Å². The second-order valence-corrected chi connectivity index (χ2v) is 7.21. The number of anilines is 2. The number of esters is 1. The fourth-order valence-corrected chi connectivity index (χ4v) is 4.08. The molecule has 0 saturated carbocycles. The number of Topliss-reactive ketones (excluding diaryl/α,β-unsaturated/α-hetero) is 1. The molecule has 0 amide bonds. The lowest BCUT2D eigenvalue weighted by molar-refractivity contribution is -0.151. The summed E-state index contributed by atoms with van der Waals surface area (Å²) in [6.45, 7) is 1.85. The second kappa shape index (κ2) is 7.11. The Kier molecular flexibility index (Phi) is 4.63. The molecule has 1 aliphatic carbocycles. The molecule has 144 valence electrons. The summed E-state index contributed by atoms with van der Waals surface area (Å²) >= 11 is 0. The number of carbonyl (C=O) groups is 2. The Bertz CT molecular complexity index is 985.